The van der Waals surface area contributed by atoms with Crippen LogP contribution in [-0.4, -0.2) is 56.3 Å². The zero-order chi connectivity index (χ0) is 21.1. The van der Waals surface area contributed by atoms with Crippen molar-refractivity contribution in [2.75, 3.05) is 42.3 Å². The first-order valence-corrected chi connectivity index (χ1v) is 11.6. The lowest BCUT2D eigenvalue weighted by Gasteiger charge is -2.52. The van der Waals surface area contributed by atoms with Gasteiger partial charge in [-0.1, -0.05) is 91.0 Å². The van der Waals surface area contributed by atoms with Crippen LogP contribution < -0.4 is 0 Å². The van der Waals surface area contributed by atoms with Crippen molar-refractivity contribution in [2.45, 2.75) is 5.16 Å². The highest BCUT2D eigenvalue weighted by atomic mass is 31.2. The van der Waals surface area contributed by atoms with Gasteiger partial charge < -0.3 is 0 Å². The lowest BCUT2D eigenvalue weighted by Crippen LogP contribution is -2.49. The highest BCUT2D eigenvalue weighted by Gasteiger charge is 2.68. The fraction of sp³-hybridized carbons (Fsp3) is 0.280. The van der Waals surface area contributed by atoms with Gasteiger partial charge in [0.2, 0.25) is 12.9 Å². The van der Waals surface area contributed by atoms with E-state index in [1.54, 1.807) is 0 Å². The fourth-order valence-corrected chi connectivity index (χ4v) is 10.5. The Balaban J connectivity index is 2.59. The maximum atomic E-state index is 2.44. The molecule has 3 nitrogen and oxygen atoms in total. The van der Waals surface area contributed by atoms with Crippen molar-refractivity contribution >= 4 is 7.71 Å². The van der Waals surface area contributed by atoms with E-state index in [1.165, 1.54) is 16.7 Å². The van der Waals surface area contributed by atoms with Crippen molar-refractivity contribution in [3.05, 3.63) is 108 Å². The van der Waals surface area contributed by atoms with Gasteiger partial charge in [-0.05, 0) is 0 Å². The zero-order valence-corrected chi connectivity index (χ0v) is 19.3. The Hall–Kier alpha value is -2.03. The molecule has 3 rings (SSSR count). The molecule has 0 unspecified atom stereocenters. The molecule has 0 aromatic heterocycles. The molecule has 0 bridgehead atoms. The summed E-state index contributed by atoms with van der Waals surface area (Å²) in [6.45, 7) is 0. The molecule has 0 aliphatic rings. The Labute approximate surface area is 177 Å². The molecule has 0 aliphatic heterocycles. The molecular formula is C25H33N3P+. The van der Waals surface area contributed by atoms with E-state index in [-0.39, 0.29) is 5.16 Å². The monoisotopic (exact) mass is 406 g/mol. The van der Waals surface area contributed by atoms with E-state index in [4.69, 9.17) is 0 Å². The van der Waals surface area contributed by atoms with Crippen LogP contribution in [0.1, 0.15) is 16.7 Å². The number of hydrogen-bond donors (Lipinski definition) is 0. The first-order chi connectivity index (χ1) is 13.9. The van der Waals surface area contributed by atoms with Gasteiger partial charge in [-0.2, -0.15) is 14.0 Å². The SMILES string of the molecule is CN(C)[P+](N(C)C)(N(C)C)C(c1ccccc1)(c1ccccc1)c1ccccc1. The molecule has 0 atom stereocenters. The second kappa shape index (κ2) is 8.77. The highest BCUT2D eigenvalue weighted by Crippen LogP contribution is 2.80. The molecule has 0 saturated carbocycles. The summed E-state index contributed by atoms with van der Waals surface area (Å²) < 4.78 is 7.33. The van der Waals surface area contributed by atoms with E-state index in [9.17, 15) is 0 Å². The minimum Gasteiger partial charge on any atom is -0.153 e. The number of hydrogen-bond acceptors (Lipinski definition) is 3. The van der Waals surface area contributed by atoms with Crippen molar-refractivity contribution in [3.63, 3.8) is 0 Å². The van der Waals surface area contributed by atoms with Crippen LogP contribution in [0.3, 0.4) is 0 Å². The first-order valence-electron chi connectivity index (χ1n) is 9.99. The van der Waals surface area contributed by atoms with Gasteiger partial charge in [0.1, 0.15) is 0 Å². The van der Waals surface area contributed by atoms with Gasteiger partial charge in [0.15, 0.2) is 0 Å². The van der Waals surface area contributed by atoms with E-state index in [1.807, 2.05) is 0 Å². The Bertz CT molecular complexity index is 775. The maximum Gasteiger partial charge on any atom is 0.245 e. The van der Waals surface area contributed by atoms with Gasteiger partial charge in [0, 0.05) is 59.0 Å². The summed E-state index contributed by atoms with van der Waals surface area (Å²) in [5, 5.41) is -0.354. The zero-order valence-electron chi connectivity index (χ0n) is 18.4. The summed E-state index contributed by atoms with van der Waals surface area (Å²) in [6, 6.07) is 33.0. The van der Waals surface area contributed by atoms with Gasteiger partial charge in [-0.25, -0.2) is 0 Å². The van der Waals surface area contributed by atoms with Gasteiger partial charge in [0.25, 0.3) is 0 Å². The average molecular weight is 407 g/mol. The standard InChI is InChI=1S/C25H33N3P/c1-26(2)29(27(3)4,28(5)6)25(22-16-10-7-11-17-22,23-18-12-8-13-19-23)24-20-14-9-15-21-24/h7-21H,1-6H3/q+1. The molecule has 0 saturated heterocycles. The van der Waals surface area contributed by atoms with Gasteiger partial charge in [-0.15, -0.1) is 0 Å². The van der Waals surface area contributed by atoms with Crippen molar-refractivity contribution < 1.29 is 0 Å². The van der Waals surface area contributed by atoms with Gasteiger partial charge in [0.05, 0.1) is 0 Å². The third-order valence-corrected chi connectivity index (χ3v) is 10.7. The lowest BCUT2D eigenvalue weighted by atomic mass is 9.84. The summed E-state index contributed by atoms with van der Waals surface area (Å²) >= 11 is 0. The topological polar surface area (TPSA) is 9.72 Å². The molecule has 0 fully saturated rings. The molecule has 3 aromatic rings. The van der Waals surface area contributed by atoms with E-state index in [0.29, 0.717) is 0 Å². The number of rotatable bonds is 7. The van der Waals surface area contributed by atoms with Crippen molar-refractivity contribution in [1.29, 1.82) is 0 Å². The van der Waals surface area contributed by atoms with Crippen LogP contribution in [0.25, 0.3) is 0 Å². The molecule has 0 amide bonds. The largest absolute Gasteiger partial charge is 0.245 e. The van der Waals surface area contributed by atoms with Crippen LogP contribution >= 0.6 is 7.71 Å². The summed E-state index contributed by atoms with van der Waals surface area (Å²) in [4.78, 5) is 0. The third-order valence-electron chi connectivity index (χ3n) is 5.70. The molecule has 0 heterocycles. The minimum absolute atomic E-state index is 0.354. The molecule has 29 heavy (non-hydrogen) atoms. The number of nitrogens with zero attached hydrogens (tertiary/aromatic N) is 3. The van der Waals surface area contributed by atoms with Crippen LogP contribution in [0.15, 0.2) is 91.0 Å². The van der Waals surface area contributed by atoms with Crippen LogP contribution in [0.5, 0.6) is 0 Å². The van der Waals surface area contributed by atoms with E-state index >= 15 is 0 Å². The molecule has 0 radical (unpaired) electrons. The van der Waals surface area contributed by atoms with E-state index < -0.39 is 7.71 Å². The molecular weight excluding hydrogens is 373 g/mol. The maximum absolute atomic E-state index is 2.44. The Morgan fingerprint density at radius 3 is 0.897 bits per heavy atom. The number of benzene rings is 3. The summed E-state index contributed by atoms with van der Waals surface area (Å²) in [6.07, 6.45) is 0. The Morgan fingerprint density at radius 2 is 0.690 bits per heavy atom. The van der Waals surface area contributed by atoms with Crippen LogP contribution in [-0.2, 0) is 5.16 Å². The molecule has 4 heteroatoms. The van der Waals surface area contributed by atoms with E-state index in [0.717, 1.165) is 0 Å². The summed E-state index contributed by atoms with van der Waals surface area (Å²) in [5.74, 6) is 0. The van der Waals surface area contributed by atoms with Crippen LogP contribution in [0.4, 0.5) is 0 Å². The van der Waals surface area contributed by atoms with Gasteiger partial charge >= 0.3 is 0 Å². The second-order valence-electron chi connectivity index (χ2n) is 7.92. The van der Waals surface area contributed by atoms with E-state index in [2.05, 4.69) is 147 Å². The predicted octanol–water partition coefficient (Wildman–Crippen LogP) is 5.43. The summed E-state index contributed by atoms with van der Waals surface area (Å²) in [5.41, 5.74) is 3.92. The van der Waals surface area contributed by atoms with Crippen molar-refractivity contribution in [2.24, 2.45) is 0 Å². The fourth-order valence-electron chi connectivity index (χ4n) is 5.03. The van der Waals surface area contributed by atoms with Gasteiger partial charge in [-0.3, -0.25) is 0 Å². The van der Waals surface area contributed by atoms with Crippen molar-refractivity contribution in [1.82, 2.24) is 14.0 Å². The molecule has 0 aliphatic carbocycles. The minimum atomic E-state index is -2.12. The average Bonchev–Trinajstić information content (AvgIpc) is 2.73. The first kappa shape index (κ1) is 21.7. The molecule has 3 aromatic carbocycles. The lowest BCUT2D eigenvalue weighted by molar-refractivity contribution is 0.431. The quantitative estimate of drug-likeness (QED) is 0.383. The Morgan fingerprint density at radius 1 is 0.448 bits per heavy atom. The van der Waals surface area contributed by atoms with Crippen LogP contribution in [0, 0.1) is 0 Å². The predicted molar refractivity (Wildman–Crippen MR) is 127 cm³/mol. The smallest absolute Gasteiger partial charge is 0.153 e. The molecule has 152 valence electrons. The molecule has 0 spiro atoms. The normalized spacial score (nSPS) is 12.7. The molecule has 0 N–H and O–H groups in total. The summed E-state index contributed by atoms with van der Waals surface area (Å²) in [7, 11) is 11.2. The van der Waals surface area contributed by atoms with Crippen molar-refractivity contribution in [3.8, 4) is 0 Å². The van der Waals surface area contributed by atoms with Crippen LogP contribution in [0.2, 0.25) is 0 Å². The Kier molecular flexibility index (Phi) is 6.55. The second-order valence-corrected chi connectivity index (χ2v) is 12.1. The highest BCUT2D eigenvalue weighted by molar-refractivity contribution is 7.70. The third kappa shape index (κ3) is 3.33.